The highest BCUT2D eigenvalue weighted by Crippen LogP contribution is 2.50. The van der Waals surface area contributed by atoms with E-state index >= 15 is 0 Å². The summed E-state index contributed by atoms with van der Waals surface area (Å²) >= 11 is 1.87. The Kier molecular flexibility index (Phi) is 5.19. The molecule has 0 fully saturated rings. The van der Waals surface area contributed by atoms with E-state index in [1.807, 2.05) is 17.5 Å². The molecule has 0 bridgehead atoms. The normalized spacial score (nSPS) is 18.0. The fraction of sp³-hybridized carbons (Fsp3) is 0.344. The van der Waals surface area contributed by atoms with Crippen molar-refractivity contribution in [2.45, 2.75) is 65.4 Å². The molecular formula is C32H33NOS. The molecule has 0 radical (unpaired) electrons. The van der Waals surface area contributed by atoms with Gasteiger partial charge in [0.15, 0.2) is 0 Å². The minimum Gasteiger partial charge on any atom is -0.489 e. The fourth-order valence-electron chi connectivity index (χ4n) is 5.80. The van der Waals surface area contributed by atoms with Crippen molar-refractivity contribution in [2.24, 2.45) is 5.92 Å². The number of rotatable bonds is 3. The molecule has 0 N–H and O–H groups in total. The van der Waals surface area contributed by atoms with E-state index in [2.05, 4.69) is 96.1 Å². The summed E-state index contributed by atoms with van der Waals surface area (Å²) in [6, 6.07) is 20.0. The summed E-state index contributed by atoms with van der Waals surface area (Å²) in [5.41, 5.74) is 5.07. The van der Waals surface area contributed by atoms with Gasteiger partial charge in [-0.25, -0.2) is 0 Å². The second-order valence-electron chi connectivity index (χ2n) is 11.6. The maximum atomic E-state index is 6.46. The van der Waals surface area contributed by atoms with Gasteiger partial charge in [-0.1, -0.05) is 65.8 Å². The largest absolute Gasteiger partial charge is 0.489 e. The number of thiophene rings is 1. The van der Waals surface area contributed by atoms with Crippen LogP contribution in [-0.2, 0) is 5.41 Å². The maximum absolute atomic E-state index is 6.46. The van der Waals surface area contributed by atoms with E-state index in [1.165, 1.54) is 47.6 Å². The maximum Gasteiger partial charge on any atom is 0.124 e. The van der Waals surface area contributed by atoms with Gasteiger partial charge in [-0.3, -0.25) is 4.98 Å². The zero-order valence-electron chi connectivity index (χ0n) is 21.5. The predicted octanol–water partition coefficient (Wildman–Crippen LogP) is 9.48. The average Bonchev–Trinajstić information content (AvgIpc) is 3.34. The molecular weight excluding hydrogens is 446 g/mol. The molecule has 178 valence electrons. The second-order valence-corrected chi connectivity index (χ2v) is 12.6. The molecule has 1 aliphatic rings. The number of hydrogen-bond donors (Lipinski definition) is 0. The van der Waals surface area contributed by atoms with Crippen LogP contribution >= 0.6 is 11.3 Å². The minimum absolute atomic E-state index is 0.0443. The molecule has 3 heteroatoms. The number of aromatic nitrogens is 1. The van der Waals surface area contributed by atoms with Crippen LogP contribution in [-0.4, -0.2) is 11.1 Å². The Bertz CT molecular complexity index is 1590. The van der Waals surface area contributed by atoms with E-state index in [0.29, 0.717) is 11.8 Å². The van der Waals surface area contributed by atoms with Crippen LogP contribution in [0.5, 0.6) is 5.75 Å². The Morgan fingerprint density at radius 1 is 1.00 bits per heavy atom. The minimum atomic E-state index is 0.0443. The second kappa shape index (κ2) is 8.06. The zero-order valence-corrected chi connectivity index (χ0v) is 22.3. The number of nitrogens with zero attached hydrogens (tertiary/aromatic N) is 1. The highest BCUT2D eigenvalue weighted by Gasteiger charge is 2.34. The lowest BCUT2D eigenvalue weighted by Crippen LogP contribution is -2.18. The standard InChI is InChI=1S/C32H33NOS/c1-18(2)15-26-19(3)28-25(34-26)11-12-27-29(28)23-13-14-33-30(31(23)35-27)21-16-20-9-7-8-10-22(20)24(17-21)32(4,5)6/h7-14,16-19,26H,15H2,1-6H3. The monoisotopic (exact) mass is 479 g/mol. The van der Waals surface area contributed by atoms with Gasteiger partial charge >= 0.3 is 0 Å². The van der Waals surface area contributed by atoms with Crippen molar-refractivity contribution in [1.29, 1.82) is 0 Å². The van der Waals surface area contributed by atoms with E-state index < -0.39 is 0 Å². The average molecular weight is 480 g/mol. The summed E-state index contributed by atoms with van der Waals surface area (Å²) in [6.45, 7) is 13.8. The van der Waals surface area contributed by atoms with Gasteiger partial charge in [0.2, 0.25) is 0 Å². The van der Waals surface area contributed by atoms with Crippen LogP contribution in [0.15, 0.2) is 60.8 Å². The fourth-order valence-corrected chi connectivity index (χ4v) is 7.02. The lowest BCUT2D eigenvalue weighted by Gasteiger charge is -2.22. The first kappa shape index (κ1) is 22.5. The van der Waals surface area contributed by atoms with Gasteiger partial charge in [-0.05, 0) is 64.4 Å². The van der Waals surface area contributed by atoms with Crippen molar-refractivity contribution in [3.05, 3.63) is 71.9 Å². The smallest absolute Gasteiger partial charge is 0.124 e. The van der Waals surface area contributed by atoms with Crippen molar-refractivity contribution in [3.8, 4) is 17.0 Å². The van der Waals surface area contributed by atoms with Crippen molar-refractivity contribution in [2.75, 3.05) is 0 Å². The van der Waals surface area contributed by atoms with Crippen molar-refractivity contribution >= 4 is 42.3 Å². The Hall–Kier alpha value is -2.91. The molecule has 3 aromatic carbocycles. The van der Waals surface area contributed by atoms with Crippen LogP contribution in [0.4, 0.5) is 0 Å². The summed E-state index contributed by atoms with van der Waals surface area (Å²) < 4.78 is 9.06. The van der Waals surface area contributed by atoms with E-state index in [1.54, 1.807) is 0 Å². The first-order chi connectivity index (χ1) is 16.7. The summed E-state index contributed by atoms with van der Waals surface area (Å²) in [5.74, 6) is 2.07. The molecule has 3 heterocycles. The lowest BCUT2D eigenvalue weighted by atomic mass is 9.82. The number of ether oxygens (including phenoxy) is 1. The molecule has 2 atom stereocenters. The van der Waals surface area contributed by atoms with Gasteiger partial charge in [0.05, 0.1) is 10.4 Å². The number of pyridine rings is 1. The molecule has 35 heavy (non-hydrogen) atoms. The van der Waals surface area contributed by atoms with Gasteiger partial charge < -0.3 is 4.74 Å². The van der Waals surface area contributed by atoms with Gasteiger partial charge in [0.1, 0.15) is 11.9 Å². The van der Waals surface area contributed by atoms with E-state index in [9.17, 15) is 0 Å². The van der Waals surface area contributed by atoms with Crippen LogP contribution in [0.1, 0.15) is 65.0 Å². The summed E-state index contributed by atoms with van der Waals surface area (Å²) in [7, 11) is 0. The van der Waals surface area contributed by atoms with Gasteiger partial charge in [0, 0.05) is 38.7 Å². The molecule has 2 nitrogen and oxygen atoms in total. The lowest BCUT2D eigenvalue weighted by molar-refractivity contribution is 0.182. The van der Waals surface area contributed by atoms with Crippen molar-refractivity contribution in [1.82, 2.24) is 4.98 Å². The summed E-state index contributed by atoms with van der Waals surface area (Å²) in [6.07, 6.45) is 3.32. The molecule has 2 aromatic heterocycles. The molecule has 0 saturated heterocycles. The molecule has 0 aliphatic carbocycles. The highest BCUT2D eigenvalue weighted by molar-refractivity contribution is 7.26. The first-order valence-corrected chi connectivity index (χ1v) is 13.6. The SMILES string of the molecule is CC(C)CC1Oc2ccc3sc4c(-c5cc(C(C)(C)C)c6ccccc6c5)nccc4c3c2C1C. The van der Waals surface area contributed by atoms with Gasteiger partial charge in [-0.2, -0.15) is 0 Å². The molecule has 6 rings (SSSR count). The Morgan fingerprint density at radius 3 is 2.57 bits per heavy atom. The zero-order chi connectivity index (χ0) is 24.5. The topological polar surface area (TPSA) is 22.1 Å². The Labute approximate surface area is 212 Å². The first-order valence-electron chi connectivity index (χ1n) is 12.8. The molecule has 0 amide bonds. The van der Waals surface area contributed by atoms with Crippen LogP contribution < -0.4 is 4.74 Å². The molecule has 5 aromatic rings. The predicted molar refractivity (Wildman–Crippen MR) is 151 cm³/mol. The van der Waals surface area contributed by atoms with E-state index in [-0.39, 0.29) is 11.5 Å². The van der Waals surface area contributed by atoms with Crippen LogP contribution in [0.2, 0.25) is 0 Å². The molecule has 0 spiro atoms. The third kappa shape index (κ3) is 3.63. The molecule has 1 aliphatic heterocycles. The van der Waals surface area contributed by atoms with Gasteiger partial charge in [-0.15, -0.1) is 11.3 Å². The highest BCUT2D eigenvalue weighted by atomic mass is 32.1. The third-order valence-electron chi connectivity index (χ3n) is 7.49. The molecule has 0 saturated carbocycles. The molecule has 2 unspecified atom stereocenters. The van der Waals surface area contributed by atoms with Crippen molar-refractivity contribution < 1.29 is 4.74 Å². The number of benzene rings is 3. The Balaban J connectivity index is 1.59. The number of hydrogen-bond acceptors (Lipinski definition) is 3. The van der Waals surface area contributed by atoms with Crippen molar-refractivity contribution in [3.63, 3.8) is 0 Å². The van der Waals surface area contributed by atoms with Crippen LogP contribution in [0.3, 0.4) is 0 Å². The van der Waals surface area contributed by atoms with Gasteiger partial charge in [0.25, 0.3) is 0 Å². The summed E-state index contributed by atoms with van der Waals surface area (Å²) in [5, 5.41) is 5.27. The Morgan fingerprint density at radius 2 is 1.80 bits per heavy atom. The summed E-state index contributed by atoms with van der Waals surface area (Å²) in [4.78, 5) is 4.95. The van der Waals surface area contributed by atoms with E-state index in [0.717, 1.165) is 17.9 Å². The van der Waals surface area contributed by atoms with Crippen LogP contribution in [0.25, 0.3) is 42.2 Å². The third-order valence-corrected chi connectivity index (χ3v) is 8.67. The number of fused-ring (bicyclic) bond motifs is 6. The quantitative estimate of drug-likeness (QED) is 0.257. The van der Waals surface area contributed by atoms with Crippen LogP contribution in [0, 0.1) is 5.92 Å². The van der Waals surface area contributed by atoms with E-state index in [4.69, 9.17) is 9.72 Å².